The van der Waals surface area contributed by atoms with E-state index in [1.165, 1.54) is 0 Å². The number of nitrogens with two attached hydrogens (primary N) is 1. The highest BCUT2D eigenvalue weighted by Gasteiger charge is 2.15. The molecular weight excluding hydrogens is 228 g/mol. The topological polar surface area (TPSA) is 75.3 Å². The van der Waals surface area contributed by atoms with E-state index in [1.54, 1.807) is 25.1 Å². The molecular formula is C11H15ClN2O2. The Hall–Kier alpha value is -1.26. The average molecular weight is 243 g/mol. The number of amides is 1. The van der Waals surface area contributed by atoms with E-state index in [0.29, 0.717) is 17.1 Å². The predicted octanol–water partition coefficient (Wildman–Crippen LogP) is 1.42. The predicted molar refractivity (Wildman–Crippen MR) is 64.5 cm³/mol. The van der Waals surface area contributed by atoms with Crippen LogP contribution in [0.2, 0.25) is 5.02 Å². The summed E-state index contributed by atoms with van der Waals surface area (Å²) in [6.07, 6.45) is 0.496. The van der Waals surface area contributed by atoms with E-state index < -0.39 is 0 Å². The second-order valence-corrected chi connectivity index (χ2v) is 4.00. The van der Waals surface area contributed by atoms with Crippen LogP contribution in [0.5, 0.6) is 0 Å². The Balaban J connectivity index is 2.80. The number of hydrogen-bond donors (Lipinski definition) is 3. The first-order valence-corrected chi connectivity index (χ1v) is 5.39. The van der Waals surface area contributed by atoms with Gasteiger partial charge in [0.1, 0.15) is 0 Å². The highest BCUT2D eigenvalue weighted by Crippen LogP contribution is 2.21. The summed E-state index contributed by atoms with van der Waals surface area (Å²) < 4.78 is 0. The van der Waals surface area contributed by atoms with Crippen LogP contribution in [0.25, 0.3) is 0 Å². The standard InChI is InChI=1S/C11H15ClN2O2/c1-7(5-6-15)14-11(16)10-8(12)3-2-4-9(10)13/h2-4,7,15H,5-6,13H2,1H3,(H,14,16). The van der Waals surface area contributed by atoms with Crippen molar-refractivity contribution in [2.45, 2.75) is 19.4 Å². The molecule has 1 rings (SSSR count). The summed E-state index contributed by atoms with van der Waals surface area (Å²) in [6, 6.07) is 4.81. The van der Waals surface area contributed by atoms with Crippen molar-refractivity contribution < 1.29 is 9.90 Å². The molecule has 0 aliphatic rings. The summed E-state index contributed by atoms with van der Waals surface area (Å²) in [4.78, 5) is 11.8. The maximum absolute atomic E-state index is 11.8. The van der Waals surface area contributed by atoms with E-state index in [4.69, 9.17) is 22.4 Å². The van der Waals surface area contributed by atoms with Crippen molar-refractivity contribution in [1.29, 1.82) is 0 Å². The number of halogens is 1. The fourth-order valence-electron chi connectivity index (χ4n) is 1.34. The van der Waals surface area contributed by atoms with E-state index in [2.05, 4.69) is 5.32 Å². The molecule has 1 aromatic carbocycles. The van der Waals surface area contributed by atoms with Gasteiger partial charge in [0.05, 0.1) is 10.6 Å². The van der Waals surface area contributed by atoms with Gasteiger partial charge in [0, 0.05) is 18.3 Å². The average Bonchev–Trinajstić information content (AvgIpc) is 2.17. The van der Waals surface area contributed by atoms with E-state index in [1.807, 2.05) is 0 Å². The first-order valence-electron chi connectivity index (χ1n) is 5.02. The molecule has 88 valence electrons. The van der Waals surface area contributed by atoms with Crippen LogP contribution >= 0.6 is 11.6 Å². The molecule has 0 aromatic heterocycles. The van der Waals surface area contributed by atoms with Gasteiger partial charge in [-0.15, -0.1) is 0 Å². The molecule has 4 nitrogen and oxygen atoms in total. The summed E-state index contributed by atoms with van der Waals surface area (Å²) in [5, 5.41) is 11.8. The number of carbonyl (C=O) groups is 1. The number of nitrogens with one attached hydrogen (secondary N) is 1. The van der Waals surface area contributed by atoms with E-state index in [0.717, 1.165) is 0 Å². The highest BCUT2D eigenvalue weighted by atomic mass is 35.5. The molecule has 4 N–H and O–H groups in total. The van der Waals surface area contributed by atoms with E-state index in [-0.39, 0.29) is 24.1 Å². The van der Waals surface area contributed by atoms with E-state index in [9.17, 15) is 4.79 Å². The van der Waals surface area contributed by atoms with Crippen LogP contribution in [0, 0.1) is 0 Å². The summed E-state index contributed by atoms with van der Waals surface area (Å²) >= 11 is 5.89. The molecule has 0 saturated heterocycles. The maximum atomic E-state index is 11.8. The van der Waals surface area contributed by atoms with Crippen LogP contribution < -0.4 is 11.1 Å². The van der Waals surface area contributed by atoms with Crippen molar-refractivity contribution in [2.24, 2.45) is 0 Å². The Morgan fingerprint density at radius 3 is 2.88 bits per heavy atom. The van der Waals surface area contributed by atoms with Gasteiger partial charge in [-0.3, -0.25) is 4.79 Å². The molecule has 1 unspecified atom stereocenters. The minimum Gasteiger partial charge on any atom is -0.398 e. The molecule has 5 heteroatoms. The molecule has 1 atom stereocenters. The van der Waals surface area contributed by atoms with Crippen LogP contribution in [0.15, 0.2) is 18.2 Å². The Labute approximate surface area is 99.4 Å². The number of carbonyl (C=O) groups excluding carboxylic acids is 1. The zero-order chi connectivity index (χ0) is 12.1. The third-order valence-corrected chi connectivity index (χ3v) is 2.53. The van der Waals surface area contributed by atoms with Crippen LogP contribution in [0.4, 0.5) is 5.69 Å². The molecule has 1 amide bonds. The fourth-order valence-corrected chi connectivity index (χ4v) is 1.61. The number of nitrogen functional groups attached to an aromatic ring is 1. The maximum Gasteiger partial charge on any atom is 0.255 e. The van der Waals surface area contributed by atoms with Crippen molar-refractivity contribution >= 4 is 23.2 Å². The molecule has 0 bridgehead atoms. The zero-order valence-electron chi connectivity index (χ0n) is 9.03. The minimum absolute atomic E-state index is 0.0272. The molecule has 1 aromatic rings. The van der Waals surface area contributed by atoms with Crippen molar-refractivity contribution in [2.75, 3.05) is 12.3 Å². The van der Waals surface area contributed by atoms with Crippen LogP contribution in [-0.2, 0) is 0 Å². The SMILES string of the molecule is CC(CCO)NC(=O)c1c(N)cccc1Cl. The molecule has 0 aliphatic heterocycles. The molecule has 0 spiro atoms. The first kappa shape index (κ1) is 12.8. The van der Waals surface area contributed by atoms with Gasteiger partial charge in [-0.2, -0.15) is 0 Å². The van der Waals surface area contributed by atoms with Crippen molar-refractivity contribution in [3.63, 3.8) is 0 Å². The third-order valence-electron chi connectivity index (χ3n) is 2.21. The fraction of sp³-hybridized carbons (Fsp3) is 0.364. The summed E-state index contributed by atoms with van der Waals surface area (Å²) in [5.41, 5.74) is 6.31. The lowest BCUT2D eigenvalue weighted by atomic mass is 10.1. The largest absolute Gasteiger partial charge is 0.398 e. The molecule has 0 aliphatic carbocycles. The monoisotopic (exact) mass is 242 g/mol. The zero-order valence-corrected chi connectivity index (χ0v) is 9.79. The van der Waals surface area contributed by atoms with Gasteiger partial charge < -0.3 is 16.2 Å². The number of rotatable bonds is 4. The minimum atomic E-state index is -0.316. The Morgan fingerprint density at radius 1 is 1.62 bits per heavy atom. The molecule has 0 radical (unpaired) electrons. The second kappa shape index (κ2) is 5.72. The Kier molecular flexibility index (Phi) is 4.58. The molecule has 16 heavy (non-hydrogen) atoms. The Bertz CT molecular complexity index is 362. The summed E-state index contributed by atoms with van der Waals surface area (Å²) in [7, 11) is 0. The lowest BCUT2D eigenvalue weighted by Crippen LogP contribution is -2.33. The van der Waals surface area contributed by atoms with Gasteiger partial charge in [-0.25, -0.2) is 0 Å². The molecule has 0 fully saturated rings. The highest BCUT2D eigenvalue weighted by molar-refractivity contribution is 6.34. The molecule has 0 saturated carbocycles. The van der Waals surface area contributed by atoms with Gasteiger partial charge in [0.25, 0.3) is 5.91 Å². The number of anilines is 1. The van der Waals surface area contributed by atoms with Crippen LogP contribution in [-0.4, -0.2) is 23.7 Å². The van der Waals surface area contributed by atoms with E-state index >= 15 is 0 Å². The number of aliphatic hydroxyl groups is 1. The summed E-state index contributed by atoms with van der Waals surface area (Å²) in [5.74, 6) is -0.316. The lowest BCUT2D eigenvalue weighted by molar-refractivity contribution is 0.0935. The quantitative estimate of drug-likeness (QED) is 0.699. The number of hydrogen-bond acceptors (Lipinski definition) is 3. The van der Waals surface area contributed by atoms with Gasteiger partial charge in [0.15, 0.2) is 0 Å². The Morgan fingerprint density at radius 2 is 2.31 bits per heavy atom. The second-order valence-electron chi connectivity index (χ2n) is 3.59. The van der Waals surface area contributed by atoms with Crippen molar-refractivity contribution in [1.82, 2.24) is 5.32 Å². The lowest BCUT2D eigenvalue weighted by Gasteiger charge is -2.14. The molecule has 0 heterocycles. The number of benzene rings is 1. The van der Waals surface area contributed by atoms with Crippen LogP contribution in [0.1, 0.15) is 23.7 Å². The van der Waals surface area contributed by atoms with Gasteiger partial charge in [0.2, 0.25) is 0 Å². The van der Waals surface area contributed by atoms with Gasteiger partial charge in [-0.05, 0) is 25.5 Å². The normalized spacial score (nSPS) is 12.2. The van der Waals surface area contributed by atoms with Crippen molar-refractivity contribution in [3.05, 3.63) is 28.8 Å². The van der Waals surface area contributed by atoms with Gasteiger partial charge in [-0.1, -0.05) is 17.7 Å². The van der Waals surface area contributed by atoms with Crippen LogP contribution in [0.3, 0.4) is 0 Å². The summed E-state index contributed by atoms with van der Waals surface area (Å²) in [6.45, 7) is 1.83. The smallest absolute Gasteiger partial charge is 0.255 e. The van der Waals surface area contributed by atoms with Crippen molar-refractivity contribution in [3.8, 4) is 0 Å². The third kappa shape index (κ3) is 3.12. The van der Waals surface area contributed by atoms with Gasteiger partial charge >= 0.3 is 0 Å². The number of aliphatic hydroxyl groups excluding tert-OH is 1. The first-order chi connectivity index (χ1) is 7.56.